The molecule has 26 heavy (non-hydrogen) atoms. The fraction of sp³-hybridized carbons (Fsp3) is 0.882. The van der Waals surface area contributed by atoms with Crippen LogP contribution in [0.4, 0.5) is 0 Å². The number of hydrogen-bond donors (Lipinski definition) is 4. The zero-order valence-electron chi connectivity index (χ0n) is 15.8. The Morgan fingerprint density at radius 3 is 2.42 bits per heavy atom. The van der Waals surface area contributed by atoms with Gasteiger partial charge in [-0.15, -0.1) is 0 Å². The topological polar surface area (TPSA) is 130 Å². The monoisotopic (exact) mass is 452 g/mol. The maximum absolute atomic E-state index is 12.4. The number of rotatable bonds is 11. The van der Waals surface area contributed by atoms with Crippen molar-refractivity contribution in [1.29, 1.82) is 0 Å². The van der Waals surface area contributed by atoms with E-state index in [1.165, 1.54) is 6.42 Å². The van der Waals surface area contributed by atoms with Crippen LogP contribution >= 0.6 is 7.37 Å². The molecule has 0 heterocycles. The van der Waals surface area contributed by atoms with Crippen molar-refractivity contribution < 1.29 is 24.2 Å². The van der Waals surface area contributed by atoms with Crippen molar-refractivity contribution in [3.8, 4) is 0 Å². The van der Waals surface area contributed by atoms with Gasteiger partial charge in [-0.2, -0.15) is 0 Å². The zero-order chi connectivity index (χ0) is 19.7. The van der Waals surface area contributed by atoms with Crippen LogP contribution in [0.1, 0.15) is 46.0 Å². The Hall–Kier alpha value is -0.192. The molecule has 0 radical (unpaired) electrons. The molecular weight excluding hydrogens is 418 g/mol. The Balaban J connectivity index is 2.45. The van der Waals surface area contributed by atoms with Crippen LogP contribution in [-0.4, -0.2) is 67.2 Å². The molecule has 1 aliphatic carbocycles. The number of amides is 1. The second kappa shape index (κ2) is 11.6. The van der Waals surface area contributed by atoms with Crippen LogP contribution < -0.4 is 11.1 Å². The summed E-state index contributed by atoms with van der Waals surface area (Å²) in [5, 5.41) is 13.0. The van der Waals surface area contributed by atoms with Crippen molar-refractivity contribution in [2.75, 3.05) is 18.9 Å². The number of hydrogen-bond acceptors (Lipinski definition) is 5. The van der Waals surface area contributed by atoms with E-state index in [1.807, 2.05) is 13.8 Å². The van der Waals surface area contributed by atoms with Crippen LogP contribution in [0, 0.1) is 11.8 Å². The first-order chi connectivity index (χ1) is 12.1. The van der Waals surface area contributed by atoms with E-state index in [0.717, 1.165) is 25.7 Å². The van der Waals surface area contributed by atoms with Gasteiger partial charge in [-0.25, -0.2) is 0 Å². The number of carbonyl (C=O) groups is 2. The minimum absolute atomic E-state index is 0.0610. The van der Waals surface area contributed by atoms with Crippen LogP contribution in [0.15, 0.2) is 0 Å². The van der Waals surface area contributed by atoms with Gasteiger partial charge in [0.2, 0.25) is 0 Å². The summed E-state index contributed by atoms with van der Waals surface area (Å²) in [6.07, 6.45) is 4.60. The van der Waals surface area contributed by atoms with Crippen LogP contribution in [0.25, 0.3) is 0 Å². The molecule has 5 N–H and O–H groups in total. The first-order valence-electron chi connectivity index (χ1n) is 9.40. The summed E-state index contributed by atoms with van der Waals surface area (Å²) in [6.45, 7) is 3.51. The molecule has 0 aromatic heterocycles. The molecule has 0 aromatic rings. The quantitative estimate of drug-likeness (QED) is 0.270. The molecule has 0 bridgehead atoms. The van der Waals surface area contributed by atoms with Crippen molar-refractivity contribution in [3.63, 3.8) is 0 Å². The van der Waals surface area contributed by atoms with E-state index < -0.39 is 35.3 Å². The van der Waals surface area contributed by atoms with Gasteiger partial charge in [0.25, 0.3) is 0 Å². The molecular formula is C17H34AsN2O5P. The van der Waals surface area contributed by atoms with Gasteiger partial charge in [0.1, 0.15) is 0 Å². The summed E-state index contributed by atoms with van der Waals surface area (Å²) >= 11 is -1.19. The van der Waals surface area contributed by atoms with E-state index in [0.29, 0.717) is 0 Å². The van der Waals surface area contributed by atoms with E-state index in [4.69, 9.17) is 5.73 Å². The average molecular weight is 452 g/mol. The van der Waals surface area contributed by atoms with E-state index in [2.05, 4.69) is 5.32 Å². The van der Waals surface area contributed by atoms with Crippen molar-refractivity contribution in [1.82, 2.24) is 5.32 Å². The third-order valence-corrected chi connectivity index (χ3v) is 9.61. The summed E-state index contributed by atoms with van der Waals surface area (Å²) in [7, 11) is -3.37. The molecule has 1 amide bonds. The number of aliphatic hydroxyl groups excluding tert-OH is 1. The normalized spacial score (nSPS) is 20.8. The zero-order valence-corrected chi connectivity index (χ0v) is 18.8. The molecule has 0 aliphatic heterocycles. The first kappa shape index (κ1) is 23.8. The average Bonchev–Trinajstić information content (AvgIpc) is 2.57. The Morgan fingerprint density at radius 2 is 1.88 bits per heavy atom. The van der Waals surface area contributed by atoms with Gasteiger partial charge < -0.3 is 0 Å². The molecule has 152 valence electrons. The molecule has 4 unspecified atom stereocenters. The molecule has 7 nitrogen and oxygen atoms in total. The maximum atomic E-state index is 12.4. The molecule has 0 saturated heterocycles. The van der Waals surface area contributed by atoms with Crippen molar-refractivity contribution >= 4 is 33.6 Å². The first-order valence-corrected chi connectivity index (χ1v) is 14.0. The van der Waals surface area contributed by atoms with Gasteiger partial charge in [0, 0.05) is 0 Å². The van der Waals surface area contributed by atoms with Crippen LogP contribution in [0.5, 0.6) is 0 Å². The van der Waals surface area contributed by atoms with Gasteiger partial charge in [-0.1, -0.05) is 0 Å². The summed E-state index contributed by atoms with van der Waals surface area (Å²) in [5.41, 5.74) is 5.28. The summed E-state index contributed by atoms with van der Waals surface area (Å²) in [5.74, 6) is -0.160. The third kappa shape index (κ3) is 9.14. The van der Waals surface area contributed by atoms with Gasteiger partial charge in [0.05, 0.1) is 0 Å². The predicted octanol–water partition coefficient (Wildman–Crippen LogP) is 0.679. The van der Waals surface area contributed by atoms with E-state index in [9.17, 15) is 24.2 Å². The van der Waals surface area contributed by atoms with Crippen molar-refractivity contribution in [2.45, 2.75) is 63.3 Å². The number of nitrogens with one attached hydrogen (secondary N) is 1. The second-order valence-corrected chi connectivity index (χ2v) is 12.7. The molecule has 1 saturated carbocycles. The van der Waals surface area contributed by atoms with Gasteiger partial charge in [0.15, 0.2) is 0 Å². The van der Waals surface area contributed by atoms with E-state index >= 15 is 0 Å². The Morgan fingerprint density at radius 1 is 1.27 bits per heavy atom. The Labute approximate surface area is 163 Å². The second-order valence-electron chi connectivity index (χ2n) is 7.61. The summed E-state index contributed by atoms with van der Waals surface area (Å²) in [6, 6.07) is -0.596. The van der Waals surface area contributed by atoms with Crippen LogP contribution in [-0.2, 0) is 14.2 Å². The molecule has 0 spiro atoms. The summed E-state index contributed by atoms with van der Waals surface area (Å²) in [4.78, 5) is 34.0. The number of nitrogens with two attached hydrogens (primary N) is 1. The Bertz CT molecular complexity index is 511. The van der Waals surface area contributed by atoms with Crippen LogP contribution in [0.3, 0.4) is 0 Å². The molecule has 1 fully saturated rings. The van der Waals surface area contributed by atoms with Crippen molar-refractivity contribution in [2.24, 2.45) is 17.6 Å². The fourth-order valence-corrected chi connectivity index (χ4v) is 8.49. The van der Waals surface area contributed by atoms with Crippen LogP contribution in [0.2, 0.25) is 5.21 Å². The molecule has 0 aromatic carbocycles. The van der Waals surface area contributed by atoms with Gasteiger partial charge in [-0.3, -0.25) is 0 Å². The van der Waals surface area contributed by atoms with E-state index in [-0.39, 0.29) is 46.4 Å². The molecule has 1 aliphatic rings. The third-order valence-electron chi connectivity index (χ3n) is 4.73. The SMILES string of the molecule is CC(C)C(NC(=O)CN)C(=O)[AsH]CC(O)CP(=O)(O)CC1CCCCC1. The molecule has 9 heteroatoms. The summed E-state index contributed by atoms with van der Waals surface area (Å²) < 4.78 is 12.3. The van der Waals surface area contributed by atoms with Crippen molar-refractivity contribution in [3.05, 3.63) is 0 Å². The predicted molar refractivity (Wildman–Crippen MR) is 105 cm³/mol. The fourth-order valence-electron chi connectivity index (χ4n) is 3.34. The van der Waals surface area contributed by atoms with E-state index in [1.54, 1.807) is 0 Å². The molecule has 1 rings (SSSR count). The van der Waals surface area contributed by atoms with Gasteiger partial charge in [-0.05, 0) is 0 Å². The van der Waals surface area contributed by atoms with Gasteiger partial charge >= 0.3 is 163 Å². The Kier molecular flexibility index (Phi) is 10.6. The number of carbonyl (C=O) groups excluding carboxylic acids is 2. The standard InChI is InChI=1S/C17H34AsN2O5P/c1-12(2)16(20-15(22)9-19)17(23)18-8-14(21)11-26(24,25)10-13-6-4-3-5-7-13/h12-14,16,18,21H,3-11,19H2,1-2H3,(H,20,22)(H,24,25). The minimum atomic E-state index is -3.37. The molecule has 4 atom stereocenters. The number of aliphatic hydroxyl groups is 1.